The van der Waals surface area contributed by atoms with Gasteiger partial charge in [-0.3, -0.25) is 4.79 Å². The second-order valence-corrected chi connectivity index (χ2v) is 7.33. The molecule has 2 aromatic rings. The molecule has 0 saturated carbocycles. The van der Waals surface area contributed by atoms with Crippen LogP contribution in [0.3, 0.4) is 0 Å². The number of hydrogen-bond acceptors (Lipinski definition) is 7. The standard InChI is InChI=1S/C19H21N3O4S/c1-10-8-12(9-25-2)14-15(20)16(27-18(14)21-10)17(23)22-13-6-4-11(5-7-13)19(24)26-3/h4-8,15-16H,9,20H2,1-3H3,(H,22,23). The predicted molar refractivity (Wildman–Crippen MR) is 103 cm³/mol. The number of benzene rings is 1. The number of nitrogens with zero attached hydrogens (tertiary/aromatic N) is 1. The number of carbonyl (C=O) groups is 2. The number of carbonyl (C=O) groups excluding carboxylic acids is 2. The number of anilines is 1. The topological polar surface area (TPSA) is 104 Å². The molecule has 3 N–H and O–H groups in total. The van der Waals surface area contributed by atoms with E-state index >= 15 is 0 Å². The molecule has 0 radical (unpaired) electrons. The number of amides is 1. The largest absolute Gasteiger partial charge is 0.465 e. The van der Waals surface area contributed by atoms with Crippen LogP contribution in [0.25, 0.3) is 0 Å². The molecule has 2 unspecified atom stereocenters. The molecule has 0 bridgehead atoms. The van der Waals surface area contributed by atoms with Crippen LogP contribution in [-0.4, -0.2) is 36.3 Å². The summed E-state index contributed by atoms with van der Waals surface area (Å²) in [4.78, 5) is 28.8. The van der Waals surface area contributed by atoms with Gasteiger partial charge in [-0.25, -0.2) is 9.78 Å². The van der Waals surface area contributed by atoms with Gasteiger partial charge >= 0.3 is 5.97 Å². The van der Waals surface area contributed by atoms with E-state index in [-0.39, 0.29) is 5.91 Å². The van der Waals surface area contributed by atoms with Crippen molar-refractivity contribution in [2.24, 2.45) is 5.73 Å². The quantitative estimate of drug-likeness (QED) is 0.760. The lowest BCUT2D eigenvalue weighted by molar-refractivity contribution is -0.116. The second kappa shape index (κ2) is 8.08. The molecule has 1 aromatic heterocycles. The van der Waals surface area contributed by atoms with E-state index in [2.05, 4.69) is 15.0 Å². The van der Waals surface area contributed by atoms with Crippen LogP contribution in [0, 0.1) is 6.92 Å². The van der Waals surface area contributed by atoms with Crippen LogP contribution >= 0.6 is 11.8 Å². The molecule has 1 aliphatic rings. The third kappa shape index (κ3) is 3.97. The van der Waals surface area contributed by atoms with Gasteiger partial charge in [0, 0.05) is 24.1 Å². The van der Waals surface area contributed by atoms with Gasteiger partial charge in [0.2, 0.25) is 5.91 Å². The first-order valence-electron chi connectivity index (χ1n) is 8.35. The highest BCUT2D eigenvalue weighted by molar-refractivity contribution is 8.01. The maximum Gasteiger partial charge on any atom is 0.337 e. The summed E-state index contributed by atoms with van der Waals surface area (Å²) in [5.74, 6) is -0.638. The van der Waals surface area contributed by atoms with E-state index in [1.54, 1.807) is 31.4 Å². The van der Waals surface area contributed by atoms with Crippen LogP contribution < -0.4 is 11.1 Å². The lowest BCUT2D eigenvalue weighted by Gasteiger charge is -2.16. The number of aryl methyl sites for hydroxylation is 1. The summed E-state index contributed by atoms with van der Waals surface area (Å²) >= 11 is 1.36. The number of ether oxygens (including phenoxy) is 2. The molecule has 1 aromatic carbocycles. The fraction of sp³-hybridized carbons (Fsp3) is 0.316. The van der Waals surface area contributed by atoms with Gasteiger partial charge < -0.3 is 20.5 Å². The molecular formula is C19H21N3O4S. The second-order valence-electron chi connectivity index (χ2n) is 6.20. The molecule has 1 amide bonds. The van der Waals surface area contributed by atoms with Crippen molar-refractivity contribution in [2.75, 3.05) is 19.5 Å². The van der Waals surface area contributed by atoms with Crippen molar-refractivity contribution in [1.82, 2.24) is 4.98 Å². The molecule has 2 heterocycles. The Labute approximate surface area is 161 Å². The first-order chi connectivity index (χ1) is 12.9. The van der Waals surface area contributed by atoms with E-state index in [1.165, 1.54) is 18.9 Å². The fourth-order valence-corrected chi connectivity index (χ4v) is 4.30. The molecule has 3 rings (SSSR count). The molecule has 27 heavy (non-hydrogen) atoms. The lowest BCUT2D eigenvalue weighted by Crippen LogP contribution is -2.32. The average Bonchev–Trinajstić information content (AvgIpc) is 2.98. The van der Waals surface area contributed by atoms with Gasteiger partial charge in [0.05, 0.1) is 25.3 Å². The minimum absolute atomic E-state index is 0.211. The van der Waals surface area contributed by atoms with Crippen molar-refractivity contribution < 1.29 is 19.1 Å². The first kappa shape index (κ1) is 19.3. The van der Waals surface area contributed by atoms with E-state index in [4.69, 9.17) is 10.5 Å². The summed E-state index contributed by atoms with van der Waals surface area (Å²) in [6, 6.07) is 7.97. The van der Waals surface area contributed by atoms with Gasteiger partial charge in [-0.15, -0.1) is 0 Å². The summed E-state index contributed by atoms with van der Waals surface area (Å²) in [6.07, 6.45) is 0. The number of esters is 1. The molecule has 1 aliphatic heterocycles. The Balaban J connectivity index is 1.76. The number of thioether (sulfide) groups is 1. The summed E-state index contributed by atoms with van der Waals surface area (Å²) in [6.45, 7) is 2.32. The molecule has 7 nitrogen and oxygen atoms in total. The summed E-state index contributed by atoms with van der Waals surface area (Å²) in [5, 5.41) is 3.13. The van der Waals surface area contributed by atoms with Crippen molar-refractivity contribution in [1.29, 1.82) is 0 Å². The maximum atomic E-state index is 12.8. The maximum absolute atomic E-state index is 12.8. The number of fused-ring (bicyclic) bond motifs is 1. The molecule has 0 spiro atoms. The third-order valence-electron chi connectivity index (χ3n) is 4.27. The molecular weight excluding hydrogens is 366 g/mol. The van der Waals surface area contributed by atoms with Gasteiger partial charge in [-0.1, -0.05) is 11.8 Å². The number of aromatic nitrogens is 1. The van der Waals surface area contributed by atoms with Gasteiger partial charge in [-0.2, -0.15) is 0 Å². The van der Waals surface area contributed by atoms with E-state index in [0.29, 0.717) is 17.9 Å². The number of nitrogens with two attached hydrogens (primary N) is 1. The van der Waals surface area contributed by atoms with Crippen molar-refractivity contribution in [3.63, 3.8) is 0 Å². The monoisotopic (exact) mass is 387 g/mol. The van der Waals surface area contributed by atoms with Crippen LogP contribution in [0.4, 0.5) is 5.69 Å². The number of hydrogen-bond donors (Lipinski definition) is 2. The minimum atomic E-state index is -0.495. The Hall–Kier alpha value is -2.42. The Morgan fingerprint density at radius 2 is 1.96 bits per heavy atom. The highest BCUT2D eigenvalue weighted by Gasteiger charge is 2.38. The van der Waals surface area contributed by atoms with E-state index in [9.17, 15) is 9.59 Å². The van der Waals surface area contributed by atoms with Crippen molar-refractivity contribution in [2.45, 2.75) is 29.8 Å². The van der Waals surface area contributed by atoms with E-state index in [0.717, 1.165) is 21.8 Å². The van der Waals surface area contributed by atoms with Gasteiger partial charge in [0.15, 0.2) is 0 Å². The van der Waals surface area contributed by atoms with Crippen LogP contribution in [0.1, 0.15) is 33.2 Å². The molecule has 0 saturated heterocycles. The zero-order chi connectivity index (χ0) is 19.6. The molecule has 0 fully saturated rings. The van der Waals surface area contributed by atoms with Crippen molar-refractivity contribution in [3.8, 4) is 0 Å². The number of pyridine rings is 1. The van der Waals surface area contributed by atoms with Gasteiger partial charge in [-0.05, 0) is 42.8 Å². The van der Waals surface area contributed by atoms with Gasteiger partial charge in [0.1, 0.15) is 10.3 Å². The Bertz CT molecular complexity index is 870. The van der Waals surface area contributed by atoms with Crippen LogP contribution in [0.2, 0.25) is 0 Å². The van der Waals surface area contributed by atoms with Gasteiger partial charge in [0.25, 0.3) is 0 Å². The molecule has 0 aliphatic carbocycles. The molecule has 8 heteroatoms. The Morgan fingerprint density at radius 3 is 2.59 bits per heavy atom. The minimum Gasteiger partial charge on any atom is -0.465 e. The number of rotatable bonds is 5. The smallest absolute Gasteiger partial charge is 0.337 e. The fourth-order valence-electron chi connectivity index (χ4n) is 3.02. The normalized spacial score (nSPS) is 18.1. The van der Waals surface area contributed by atoms with Crippen LogP contribution in [0.5, 0.6) is 0 Å². The highest BCUT2D eigenvalue weighted by Crippen LogP contribution is 2.44. The summed E-state index contributed by atoms with van der Waals surface area (Å²) in [7, 11) is 2.94. The van der Waals surface area contributed by atoms with E-state index < -0.39 is 17.3 Å². The number of methoxy groups -OCH3 is 2. The predicted octanol–water partition coefficient (Wildman–Crippen LogP) is 2.44. The Kier molecular flexibility index (Phi) is 5.79. The lowest BCUT2D eigenvalue weighted by atomic mass is 10.00. The van der Waals surface area contributed by atoms with Crippen LogP contribution in [-0.2, 0) is 20.9 Å². The zero-order valence-electron chi connectivity index (χ0n) is 15.3. The number of nitrogens with one attached hydrogen (secondary N) is 1. The summed E-state index contributed by atoms with van der Waals surface area (Å²) in [5.41, 5.74) is 10.1. The van der Waals surface area contributed by atoms with Crippen molar-refractivity contribution >= 4 is 29.3 Å². The third-order valence-corrected chi connectivity index (χ3v) is 5.56. The highest BCUT2D eigenvalue weighted by atomic mass is 32.2. The SMILES string of the molecule is COCc1cc(C)nc2c1C(N)C(C(=O)Nc1ccc(C(=O)OC)cc1)S2. The van der Waals surface area contributed by atoms with Crippen LogP contribution in [0.15, 0.2) is 35.4 Å². The first-order valence-corrected chi connectivity index (χ1v) is 9.23. The Morgan fingerprint density at radius 1 is 1.26 bits per heavy atom. The average molecular weight is 387 g/mol. The molecule has 2 atom stereocenters. The molecule has 142 valence electrons. The zero-order valence-corrected chi connectivity index (χ0v) is 16.1. The van der Waals surface area contributed by atoms with Crippen molar-refractivity contribution in [3.05, 3.63) is 52.7 Å². The van der Waals surface area contributed by atoms with E-state index in [1.807, 2.05) is 13.0 Å². The summed E-state index contributed by atoms with van der Waals surface area (Å²) < 4.78 is 9.92.